The zero-order chi connectivity index (χ0) is 11.4. The maximum absolute atomic E-state index is 12.7. The maximum Gasteiger partial charge on any atom is 0.310 e. The Morgan fingerprint density at radius 1 is 1.60 bits per heavy atom. The molecule has 0 radical (unpaired) electrons. The first-order valence-electron chi connectivity index (χ1n) is 4.04. The number of carbonyl (C=O) groups excluding carboxylic acids is 1. The van der Waals surface area contributed by atoms with Gasteiger partial charge in [0.2, 0.25) is 0 Å². The number of hydrogen-bond acceptors (Lipinski definition) is 4. The van der Waals surface area contributed by atoms with E-state index in [2.05, 4.69) is 4.74 Å². The van der Waals surface area contributed by atoms with Crippen LogP contribution in [-0.4, -0.2) is 18.0 Å². The van der Waals surface area contributed by atoms with Crippen LogP contribution in [0.15, 0.2) is 18.2 Å². The van der Waals surface area contributed by atoms with Gasteiger partial charge in [0, 0.05) is 5.56 Å². The Hall–Kier alpha value is -1.98. The Morgan fingerprint density at radius 3 is 2.80 bits per heavy atom. The number of nitro groups is 1. The number of rotatable bonds is 3. The highest BCUT2D eigenvalue weighted by Gasteiger charge is 2.17. The van der Waals surface area contributed by atoms with Crippen molar-refractivity contribution in [2.45, 2.75) is 6.42 Å². The maximum atomic E-state index is 12.7. The first kappa shape index (κ1) is 11.1. The number of hydrogen-bond donors (Lipinski definition) is 0. The summed E-state index contributed by atoms with van der Waals surface area (Å²) in [5.41, 5.74) is -0.284. The minimum absolute atomic E-state index is 0.133. The third-order valence-corrected chi connectivity index (χ3v) is 1.81. The molecule has 15 heavy (non-hydrogen) atoms. The van der Waals surface area contributed by atoms with Crippen LogP contribution in [0.2, 0.25) is 0 Å². The number of ether oxygens (including phenoxy) is 1. The number of nitro benzene ring substituents is 1. The van der Waals surface area contributed by atoms with E-state index in [-0.39, 0.29) is 12.0 Å². The van der Waals surface area contributed by atoms with Gasteiger partial charge in [0.05, 0.1) is 24.5 Å². The van der Waals surface area contributed by atoms with Crippen LogP contribution in [0.3, 0.4) is 0 Å². The minimum atomic E-state index is -0.735. The summed E-state index contributed by atoms with van der Waals surface area (Å²) in [4.78, 5) is 20.7. The third-order valence-electron chi connectivity index (χ3n) is 1.81. The molecule has 0 aliphatic heterocycles. The summed E-state index contributed by atoms with van der Waals surface area (Å²) < 4.78 is 17.1. The fourth-order valence-electron chi connectivity index (χ4n) is 1.08. The molecule has 0 spiro atoms. The highest BCUT2D eigenvalue weighted by Crippen LogP contribution is 2.20. The second kappa shape index (κ2) is 4.50. The molecular weight excluding hydrogens is 205 g/mol. The quantitative estimate of drug-likeness (QED) is 0.433. The van der Waals surface area contributed by atoms with E-state index < -0.39 is 22.4 Å². The van der Waals surface area contributed by atoms with Crippen LogP contribution >= 0.6 is 0 Å². The lowest BCUT2D eigenvalue weighted by atomic mass is 10.1. The summed E-state index contributed by atoms with van der Waals surface area (Å²) >= 11 is 0. The number of methoxy groups -OCH3 is 1. The molecule has 0 aliphatic carbocycles. The van der Waals surface area contributed by atoms with E-state index >= 15 is 0 Å². The van der Waals surface area contributed by atoms with Crippen LogP contribution in [0.4, 0.5) is 10.1 Å². The molecule has 0 bridgehead atoms. The highest BCUT2D eigenvalue weighted by molar-refractivity contribution is 5.74. The molecule has 0 unspecified atom stereocenters. The van der Waals surface area contributed by atoms with Crippen LogP contribution < -0.4 is 0 Å². The van der Waals surface area contributed by atoms with Gasteiger partial charge < -0.3 is 4.74 Å². The fraction of sp³-hybridized carbons (Fsp3) is 0.222. The molecule has 1 aromatic rings. The summed E-state index contributed by atoms with van der Waals surface area (Å²) in [6.07, 6.45) is -0.243. The Balaban J connectivity index is 3.06. The van der Waals surface area contributed by atoms with E-state index in [1.807, 2.05) is 0 Å². The Labute approximate surface area is 84.6 Å². The fourth-order valence-corrected chi connectivity index (χ4v) is 1.08. The zero-order valence-electron chi connectivity index (χ0n) is 7.90. The van der Waals surface area contributed by atoms with Crippen molar-refractivity contribution in [2.24, 2.45) is 0 Å². The van der Waals surface area contributed by atoms with Crippen LogP contribution in [0.1, 0.15) is 5.56 Å². The van der Waals surface area contributed by atoms with E-state index in [1.54, 1.807) is 0 Å². The molecular formula is C9H8FNO4. The molecule has 1 rings (SSSR count). The number of benzene rings is 1. The lowest BCUT2D eigenvalue weighted by Crippen LogP contribution is -2.07. The van der Waals surface area contributed by atoms with Crippen LogP contribution in [0.25, 0.3) is 0 Å². The predicted octanol–water partition coefficient (Wildman–Crippen LogP) is 1.45. The average Bonchev–Trinajstić information content (AvgIpc) is 2.20. The molecule has 1 aromatic carbocycles. The summed E-state index contributed by atoms with van der Waals surface area (Å²) in [5, 5.41) is 10.5. The number of carbonyl (C=O) groups is 1. The van der Waals surface area contributed by atoms with Gasteiger partial charge in [-0.15, -0.1) is 0 Å². The van der Waals surface area contributed by atoms with Gasteiger partial charge >= 0.3 is 5.97 Å². The van der Waals surface area contributed by atoms with Crippen molar-refractivity contribution in [1.29, 1.82) is 0 Å². The van der Waals surface area contributed by atoms with Crippen LogP contribution in [0.5, 0.6) is 0 Å². The van der Waals surface area contributed by atoms with Crippen molar-refractivity contribution >= 4 is 11.7 Å². The smallest absolute Gasteiger partial charge is 0.310 e. The first-order chi connectivity index (χ1) is 7.04. The second-order valence-corrected chi connectivity index (χ2v) is 2.78. The lowest BCUT2D eigenvalue weighted by molar-refractivity contribution is -0.385. The molecule has 0 heterocycles. The molecule has 0 aromatic heterocycles. The first-order valence-corrected chi connectivity index (χ1v) is 4.04. The standard InChI is InChI=1S/C9H8FNO4/c1-15-9(12)4-6-2-3-7(10)5-8(6)11(13)14/h2-3,5H,4H2,1H3. The molecule has 5 nitrogen and oxygen atoms in total. The molecule has 0 saturated heterocycles. The molecule has 0 atom stereocenters. The van der Waals surface area contributed by atoms with Gasteiger partial charge in [-0.3, -0.25) is 14.9 Å². The number of esters is 1. The molecule has 0 fully saturated rings. The zero-order valence-corrected chi connectivity index (χ0v) is 7.90. The van der Waals surface area contributed by atoms with Gasteiger partial charge in [0.1, 0.15) is 5.82 Å². The highest BCUT2D eigenvalue weighted by atomic mass is 19.1. The van der Waals surface area contributed by atoms with Gasteiger partial charge in [0.25, 0.3) is 5.69 Å². The monoisotopic (exact) mass is 213 g/mol. The Morgan fingerprint density at radius 2 is 2.27 bits per heavy atom. The van der Waals surface area contributed by atoms with Crippen LogP contribution in [-0.2, 0) is 16.0 Å². The summed E-state index contributed by atoms with van der Waals surface area (Å²) in [6.45, 7) is 0. The van der Waals surface area contributed by atoms with Crippen molar-refractivity contribution < 1.29 is 18.8 Å². The summed E-state index contributed by atoms with van der Waals surface area (Å²) in [7, 11) is 1.18. The summed E-state index contributed by atoms with van der Waals surface area (Å²) in [5.74, 6) is -1.32. The van der Waals surface area contributed by atoms with E-state index in [4.69, 9.17) is 0 Å². The van der Waals surface area contributed by atoms with Crippen molar-refractivity contribution in [3.63, 3.8) is 0 Å². The van der Waals surface area contributed by atoms with E-state index in [0.29, 0.717) is 0 Å². The Kier molecular flexibility index (Phi) is 3.33. The van der Waals surface area contributed by atoms with Gasteiger partial charge in [-0.2, -0.15) is 0 Å². The molecule has 80 valence electrons. The van der Waals surface area contributed by atoms with Gasteiger partial charge in [-0.25, -0.2) is 4.39 Å². The Bertz CT molecular complexity index is 405. The largest absolute Gasteiger partial charge is 0.469 e. The van der Waals surface area contributed by atoms with E-state index in [1.165, 1.54) is 13.2 Å². The lowest BCUT2D eigenvalue weighted by Gasteiger charge is -2.01. The van der Waals surface area contributed by atoms with Crippen LogP contribution in [0, 0.1) is 15.9 Å². The molecule has 0 amide bonds. The van der Waals surface area contributed by atoms with Crippen molar-refractivity contribution in [1.82, 2.24) is 0 Å². The topological polar surface area (TPSA) is 69.4 Å². The second-order valence-electron chi connectivity index (χ2n) is 2.78. The van der Waals surface area contributed by atoms with Gasteiger partial charge in [-0.1, -0.05) is 0 Å². The molecule has 0 saturated carbocycles. The van der Waals surface area contributed by atoms with Gasteiger partial charge in [0.15, 0.2) is 0 Å². The van der Waals surface area contributed by atoms with Crippen molar-refractivity contribution in [3.8, 4) is 0 Å². The minimum Gasteiger partial charge on any atom is -0.469 e. The average molecular weight is 213 g/mol. The summed E-state index contributed by atoms with van der Waals surface area (Å²) in [6, 6.07) is 3.04. The molecule has 6 heteroatoms. The van der Waals surface area contributed by atoms with E-state index in [0.717, 1.165) is 12.1 Å². The predicted molar refractivity (Wildman–Crippen MR) is 48.8 cm³/mol. The normalized spacial score (nSPS) is 9.73. The number of halogens is 1. The van der Waals surface area contributed by atoms with E-state index in [9.17, 15) is 19.3 Å². The molecule has 0 aliphatic rings. The van der Waals surface area contributed by atoms with Gasteiger partial charge in [-0.05, 0) is 12.1 Å². The number of nitrogens with zero attached hydrogens (tertiary/aromatic N) is 1. The SMILES string of the molecule is COC(=O)Cc1ccc(F)cc1[N+](=O)[O-]. The van der Waals surface area contributed by atoms with Crippen molar-refractivity contribution in [2.75, 3.05) is 7.11 Å². The van der Waals surface area contributed by atoms with Crippen molar-refractivity contribution in [3.05, 3.63) is 39.7 Å². The molecule has 0 N–H and O–H groups in total. The third kappa shape index (κ3) is 2.73.